The third kappa shape index (κ3) is 14.2. The van der Waals surface area contributed by atoms with E-state index in [4.69, 9.17) is 32.2 Å². The minimum Gasteiger partial charge on any atom is -0.457 e. The second-order valence-electron chi connectivity index (χ2n) is 14.2. The summed E-state index contributed by atoms with van der Waals surface area (Å²) < 4.78 is 78.5. The molecule has 0 N–H and O–H groups in total. The van der Waals surface area contributed by atoms with E-state index in [1.54, 1.807) is 92.6 Å². The molecule has 0 saturated heterocycles. The van der Waals surface area contributed by atoms with E-state index >= 15 is 0 Å². The quantitative estimate of drug-likeness (QED) is 0.0522. The molecule has 2 aromatic rings. The summed E-state index contributed by atoms with van der Waals surface area (Å²) >= 11 is 0. The van der Waals surface area contributed by atoms with Crippen LogP contribution in [0.2, 0.25) is 0 Å². The largest absolute Gasteiger partial charge is 0.457 e. The van der Waals surface area contributed by atoms with Crippen molar-refractivity contribution in [3.63, 3.8) is 0 Å². The lowest BCUT2D eigenvalue weighted by atomic mass is 9.98. The second-order valence-corrected chi connectivity index (χ2v) is 18.6. The second kappa shape index (κ2) is 17.6. The van der Waals surface area contributed by atoms with Crippen LogP contribution < -0.4 is 4.74 Å². The molecular formula is C34H49O13PS. The van der Waals surface area contributed by atoms with Crippen LogP contribution in [-0.4, -0.2) is 51.7 Å². The average molecular weight is 729 g/mol. The molecule has 0 bridgehead atoms. The van der Waals surface area contributed by atoms with Gasteiger partial charge in [0.25, 0.3) is 10.1 Å². The van der Waals surface area contributed by atoms with Crippen LogP contribution in [0.5, 0.6) is 11.5 Å². The first-order valence-corrected chi connectivity index (χ1v) is 18.7. The number of hydrogen-bond acceptors (Lipinski definition) is 13. The standard InChI is InChI=1S/C34H49O13PS/c1-32(2,3)29(35)41-22-44-48(38,45-23-42-30(36)33(4,5)6)28(49(39,40)46-24-43-31(37)34(7,8)9)20-14-16-25-15-13-19-27(21-25)47-26-17-11-10-12-18-26/h10-13,15,17-19,21,28H,14,16,20,22-24H2,1-9H3/t28-/m1/s1. The van der Waals surface area contributed by atoms with Crippen molar-refractivity contribution in [3.8, 4) is 11.5 Å². The maximum Gasteiger partial charge on any atom is 0.357 e. The fourth-order valence-electron chi connectivity index (χ4n) is 3.71. The van der Waals surface area contributed by atoms with Gasteiger partial charge in [0, 0.05) is 0 Å². The molecule has 1 atom stereocenters. The van der Waals surface area contributed by atoms with E-state index in [1.807, 2.05) is 24.3 Å². The van der Waals surface area contributed by atoms with Gasteiger partial charge in [-0.1, -0.05) is 30.3 Å². The minimum absolute atomic E-state index is 0.115. The third-order valence-electron chi connectivity index (χ3n) is 6.56. The van der Waals surface area contributed by atoms with Gasteiger partial charge in [0.2, 0.25) is 20.4 Å². The third-order valence-corrected chi connectivity index (χ3v) is 11.3. The highest BCUT2D eigenvalue weighted by atomic mass is 32.2. The fourth-order valence-corrected chi connectivity index (χ4v) is 7.63. The van der Waals surface area contributed by atoms with Gasteiger partial charge in [0.15, 0.2) is 4.99 Å². The Hall–Kier alpha value is -3.29. The Kier molecular flexibility index (Phi) is 15.0. The number of aryl methyl sites for hydroxylation is 1. The molecule has 0 aliphatic heterocycles. The number of para-hydroxylation sites is 1. The average Bonchev–Trinajstić information content (AvgIpc) is 2.98. The van der Waals surface area contributed by atoms with Crippen LogP contribution in [0.4, 0.5) is 0 Å². The molecule has 0 radical (unpaired) electrons. The van der Waals surface area contributed by atoms with Gasteiger partial charge in [0.05, 0.1) is 16.2 Å². The Morgan fingerprint density at radius 3 is 1.63 bits per heavy atom. The lowest BCUT2D eigenvalue weighted by Gasteiger charge is -2.27. The summed E-state index contributed by atoms with van der Waals surface area (Å²) in [4.78, 5) is 35.0. The first-order chi connectivity index (χ1) is 22.5. The molecule has 0 saturated carbocycles. The highest BCUT2D eigenvalue weighted by molar-refractivity contribution is 7.94. The smallest absolute Gasteiger partial charge is 0.357 e. The zero-order valence-corrected chi connectivity index (χ0v) is 31.4. The van der Waals surface area contributed by atoms with Crippen LogP contribution in [0.3, 0.4) is 0 Å². The molecule has 2 aromatic carbocycles. The number of rotatable bonds is 17. The normalized spacial score (nSPS) is 13.3. The summed E-state index contributed by atoms with van der Waals surface area (Å²) in [5, 5.41) is 0. The molecule has 0 amide bonds. The highest BCUT2D eigenvalue weighted by Crippen LogP contribution is 2.57. The van der Waals surface area contributed by atoms with Crippen LogP contribution >= 0.6 is 7.60 Å². The Labute approximate surface area is 289 Å². The predicted octanol–water partition coefficient (Wildman–Crippen LogP) is 7.34. The van der Waals surface area contributed by atoms with Gasteiger partial charge in [-0.3, -0.25) is 28.0 Å². The number of carbonyl (C=O) groups is 3. The number of ether oxygens (including phenoxy) is 4. The molecule has 0 aliphatic rings. The van der Waals surface area contributed by atoms with E-state index < -0.39 is 77.2 Å². The van der Waals surface area contributed by atoms with Crippen molar-refractivity contribution in [1.29, 1.82) is 0 Å². The first kappa shape index (κ1) is 41.9. The summed E-state index contributed by atoms with van der Waals surface area (Å²) in [6.07, 6.45) is 0.0656. The van der Waals surface area contributed by atoms with Crippen molar-refractivity contribution in [2.45, 2.75) is 86.6 Å². The summed E-state index contributed by atoms with van der Waals surface area (Å²) in [5.74, 6) is -1.00. The Morgan fingerprint density at radius 2 is 1.14 bits per heavy atom. The van der Waals surface area contributed by atoms with Gasteiger partial charge >= 0.3 is 25.5 Å². The lowest BCUT2D eigenvalue weighted by Crippen LogP contribution is -2.31. The monoisotopic (exact) mass is 728 g/mol. The van der Waals surface area contributed by atoms with Gasteiger partial charge in [-0.2, -0.15) is 8.42 Å². The molecule has 274 valence electrons. The first-order valence-electron chi connectivity index (χ1n) is 15.7. The molecule has 0 aliphatic carbocycles. The van der Waals surface area contributed by atoms with Gasteiger partial charge in [-0.25, -0.2) is 4.18 Å². The molecule has 0 heterocycles. The summed E-state index contributed by atoms with van der Waals surface area (Å²) in [7, 11) is -9.75. The van der Waals surface area contributed by atoms with E-state index in [2.05, 4.69) is 0 Å². The SMILES string of the molecule is CC(C)(C)C(=O)OCOP(=O)(OCOC(=O)C(C)(C)C)[C@@H](CCCc1cccc(Oc2ccccc2)c1)S(=O)(=O)OCOC(=O)C(C)(C)C. The molecule has 13 nitrogen and oxygen atoms in total. The zero-order valence-electron chi connectivity index (χ0n) is 29.7. The van der Waals surface area contributed by atoms with E-state index in [-0.39, 0.29) is 12.8 Å². The van der Waals surface area contributed by atoms with Gasteiger partial charge < -0.3 is 18.9 Å². The summed E-state index contributed by atoms with van der Waals surface area (Å²) in [6, 6.07) is 16.3. The number of hydrogen-bond donors (Lipinski definition) is 0. The predicted molar refractivity (Wildman–Crippen MR) is 181 cm³/mol. The number of benzene rings is 2. The maximum absolute atomic E-state index is 14.4. The van der Waals surface area contributed by atoms with Crippen LogP contribution in [0, 0.1) is 16.2 Å². The fraction of sp³-hybridized carbons (Fsp3) is 0.559. The molecule has 15 heteroatoms. The van der Waals surface area contributed by atoms with E-state index in [9.17, 15) is 27.4 Å². The van der Waals surface area contributed by atoms with Gasteiger partial charge in [-0.15, -0.1) is 0 Å². The Morgan fingerprint density at radius 1 is 0.673 bits per heavy atom. The molecule has 0 unspecified atom stereocenters. The summed E-state index contributed by atoms with van der Waals surface area (Å²) in [6.45, 7) is 11.3. The van der Waals surface area contributed by atoms with Crippen molar-refractivity contribution in [3.05, 3.63) is 60.2 Å². The van der Waals surface area contributed by atoms with E-state index in [1.165, 1.54) is 0 Å². The van der Waals surface area contributed by atoms with Crippen LogP contribution in [0.15, 0.2) is 54.6 Å². The van der Waals surface area contributed by atoms with Crippen molar-refractivity contribution < 1.29 is 59.5 Å². The Bertz CT molecular complexity index is 1520. The van der Waals surface area contributed by atoms with Gasteiger partial charge in [-0.05, 0) is 111 Å². The molecular weight excluding hydrogens is 679 g/mol. The molecule has 2 rings (SSSR count). The molecule has 0 spiro atoms. The van der Waals surface area contributed by atoms with Crippen molar-refractivity contribution in [2.24, 2.45) is 16.2 Å². The maximum atomic E-state index is 14.4. The van der Waals surface area contributed by atoms with Crippen LogP contribution in [0.1, 0.15) is 80.7 Å². The van der Waals surface area contributed by atoms with Crippen molar-refractivity contribution >= 4 is 35.6 Å². The summed E-state index contributed by atoms with van der Waals surface area (Å²) in [5.41, 5.74) is -2.10. The lowest BCUT2D eigenvalue weighted by molar-refractivity contribution is -0.162. The van der Waals surface area contributed by atoms with Crippen molar-refractivity contribution in [1.82, 2.24) is 0 Å². The Balaban J connectivity index is 2.36. The van der Waals surface area contributed by atoms with Crippen molar-refractivity contribution in [2.75, 3.05) is 20.4 Å². The molecule has 49 heavy (non-hydrogen) atoms. The van der Waals surface area contributed by atoms with Gasteiger partial charge in [0.1, 0.15) is 11.5 Å². The zero-order chi connectivity index (χ0) is 37.1. The minimum atomic E-state index is -4.88. The molecule has 0 fully saturated rings. The number of carbonyl (C=O) groups excluding carboxylic acids is 3. The van der Waals surface area contributed by atoms with Crippen LogP contribution in [0.25, 0.3) is 0 Å². The van der Waals surface area contributed by atoms with E-state index in [0.29, 0.717) is 17.9 Å². The molecule has 0 aromatic heterocycles. The van der Waals surface area contributed by atoms with E-state index in [0.717, 1.165) is 5.56 Å². The highest BCUT2D eigenvalue weighted by Gasteiger charge is 2.47. The topological polar surface area (TPSA) is 167 Å². The number of esters is 3. The van der Waals surface area contributed by atoms with Crippen LogP contribution in [-0.2, 0) is 62.9 Å².